The molecule has 2 aromatic heterocycles. The first-order valence-corrected chi connectivity index (χ1v) is 9.98. The number of amides is 1. The normalized spacial score (nSPS) is 14.3. The van der Waals surface area contributed by atoms with E-state index in [9.17, 15) is 4.79 Å². The van der Waals surface area contributed by atoms with E-state index in [2.05, 4.69) is 25.4 Å². The fourth-order valence-corrected chi connectivity index (χ4v) is 3.35. The first-order valence-electron chi connectivity index (χ1n) is 9.98. The summed E-state index contributed by atoms with van der Waals surface area (Å²) in [7, 11) is 0. The molecule has 8 nitrogen and oxygen atoms in total. The van der Waals surface area contributed by atoms with Crippen LogP contribution in [0, 0.1) is 6.92 Å². The summed E-state index contributed by atoms with van der Waals surface area (Å²) < 4.78 is 0. The minimum atomic E-state index is 0.111. The van der Waals surface area contributed by atoms with Gasteiger partial charge in [0.2, 0.25) is 5.91 Å². The van der Waals surface area contributed by atoms with Crippen molar-refractivity contribution in [2.75, 3.05) is 36.4 Å². The lowest BCUT2D eigenvalue weighted by molar-refractivity contribution is -0.129. The lowest BCUT2D eigenvalue weighted by Crippen LogP contribution is -2.48. The molecule has 0 unspecified atom stereocenters. The van der Waals surface area contributed by atoms with Crippen molar-refractivity contribution in [1.82, 2.24) is 25.1 Å². The molecule has 1 saturated heterocycles. The molecule has 1 fully saturated rings. The average Bonchev–Trinajstić information content (AvgIpc) is 3.17. The van der Waals surface area contributed by atoms with Crippen LogP contribution in [0.5, 0.6) is 0 Å². The molecule has 0 spiro atoms. The van der Waals surface area contributed by atoms with Crippen molar-refractivity contribution in [3.05, 3.63) is 59.5 Å². The van der Waals surface area contributed by atoms with E-state index in [0.29, 0.717) is 30.5 Å². The summed E-state index contributed by atoms with van der Waals surface area (Å²) in [5, 5.41) is 10.4. The zero-order chi connectivity index (χ0) is 20.9. The number of aromatic nitrogens is 4. The monoisotopic (exact) mass is 403 g/mol. The molecule has 0 aliphatic carbocycles. The van der Waals surface area contributed by atoms with Crippen molar-refractivity contribution in [2.24, 2.45) is 0 Å². The molecule has 30 heavy (non-hydrogen) atoms. The van der Waals surface area contributed by atoms with Crippen molar-refractivity contribution in [3.8, 4) is 0 Å². The SMILES string of the molecule is CC(=O)N1CCN(c2cc(Nc3cc(C)[nH]n3)nc(C=Cc3ccccc3)n2)CC1. The van der Waals surface area contributed by atoms with E-state index in [4.69, 9.17) is 4.98 Å². The summed E-state index contributed by atoms with van der Waals surface area (Å²) in [4.78, 5) is 25.1. The molecule has 1 aliphatic heterocycles. The second kappa shape index (κ2) is 8.77. The fraction of sp³-hybridized carbons (Fsp3) is 0.273. The van der Waals surface area contributed by atoms with Gasteiger partial charge in [-0.1, -0.05) is 36.4 Å². The van der Waals surface area contributed by atoms with Crippen molar-refractivity contribution < 1.29 is 4.79 Å². The molecule has 154 valence electrons. The van der Waals surface area contributed by atoms with Gasteiger partial charge in [-0.3, -0.25) is 9.89 Å². The summed E-state index contributed by atoms with van der Waals surface area (Å²) in [5.74, 6) is 2.93. The third-order valence-electron chi connectivity index (χ3n) is 4.97. The van der Waals surface area contributed by atoms with Gasteiger partial charge in [-0.25, -0.2) is 9.97 Å². The molecule has 2 N–H and O–H groups in total. The van der Waals surface area contributed by atoms with Gasteiger partial charge in [0.1, 0.15) is 11.6 Å². The number of H-pyrrole nitrogens is 1. The lowest BCUT2D eigenvalue weighted by atomic mass is 10.2. The number of carbonyl (C=O) groups is 1. The number of anilines is 3. The van der Waals surface area contributed by atoms with Crippen LogP contribution in [0.3, 0.4) is 0 Å². The van der Waals surface area contributed by atoms with E-state index in [0.717, 1.165) is 30.2 Å². The average molecular weight is 403 g/mol. The van der Waals surface area contributed by atoms with Crippen LogP contribution in [-0.2, 0) is 4.79 Å². The van der Waals surface area contributed by atoms with Crippen LogP contribution in [-0.4, -0.2) is 57.2 Å². The Morgan fingerprint density at radius 1 is 1.03 bits per heavy atom. The highest BCUT2D eigenvalue weighted by molar-refractivity contribution is 5.73. The van der Waals surface area contributed by atoms with Gasteiger partial charge in [-0.2, -0.15) is 5.10 Å². The number of aromatic amines is 1. The van der Waals surface area contributed by atoms with Gasteiger partial charge in [0.25, 0.3) is 0 Å². The van der Waals surface area contributed by atoms with Crippen LogP contribution >= 0.6 is 0 Å². The highest BCUT2D eigenvalue weighted by Gasteiger charge is 2.20. The Morgan fingerprint density at radius 3 is 2.47 bits per heavy atom. The van der Waals surface area contributed by atoms with Gasteiger partial charge in [0.05, 0.1) is 0 Å². The molecule has 4 rings (SSSR count). The van der Waals surface area contributed by atoms with E-state index in [1.165, 1.54) is 0 Å². The van der Waals surface area contributed by atoms with Crippen molar-refractivity contribution >= 4 is 35.5 Å². The number of nitrogens with zero attached hydrogens (tertiary/aromatic N) is 5. The number of carbonyl (C=O) groups excluding carboxylic acids is 1. The molecular formula is C22H25N7O. The van der Waals surface area contributed by atoms with E-state index >= 15 is 0 Å². The number of aryl methyl sites for hydroxylation is 1. The second-order valence-electron chi connectivity index (χ2n) is 7.27. The Labute approximate surface area is 175 Å². The summed E-state index contributed by atoms with van der Waals surface area (Å²) >= 11 is 0. The Bertz CT molecular complexity index is 1040. The largest absolute Gasteiger partial charge is 0.353 e. The molecule has 0 bridgehead atoms. The molecule has 8 heteroatoms. The van der Waals surface area contributed by atoms with Gasteiger partial charge in [0.15, 0.2) is 11.6 Å². The zero-order valence-corrected chi connectivity index (χ0v) is 17.2. The van der Waals surface area contributed by atoms with Crippen molar-refractivity contribution in [3.63, 3.8) is 0 Å². The number of nitrogens with one attached hydrogen (secondary N) is 2. The third kappa shape index (κ3) is 4.83. The predicted octanol–water partition coefficient (Wildman–Crippen LogP) is 3.09. The van der Waals surface area contributed by atoms with Gasteiger partial charge in [-0.15, -0.1) is 0 Å². The van der Waals surface area contributed by atoms with E-state index < -0.39 is 0 Å². The number of hydrogen-bond donors (Lipinski definition) is 2. The molecular weight excluding hydrogens is 378 g/mol. The number of hydrogen-bond acceptors (Lipinski definition) is 6. The molecule has 3 heterocycles. The Morgan fingerprint density at radius 2 is 1.80 bits per heavy atom. The smallest absolute Gasteiger partial charge is 0.219 e. The molecule has 1 aromatic carbocycles. The molecule has 1 aliphatic rings. The van der Waals surface area contributed by atoms with Crippen molar-refractivity contribution in [1.29, 1.82) is 0 Å². The zero-order valence-electron chi connectivity index (χ0n) is 17.2. The Kier molecular flexibility index (Phi) is 5.74. The highest BCUT2D eigenvalue weighted by Crippen LogP contribution is 2.21. The van der Waals surface area contributed by atoms with Crippen LogP contribution in [0.15, 0.2) is 42.5 Å². The van der Waals surface area contributed by atoms with Crippen LogP contribution in [0.25, 0.3) is 12.2 Å². The summed E-state index contributed by atoms with van der Waals surface area (Å²) in [6.07, 6.45) is 3.90. The Hall–Kier alpha value is -3.68. The predicted molar refractivity (Wildman–Crippen MR) is 118 cm³/mol. The topological polar surface area (TPSA) is 90.0 Å². The number of rotatable bonds is 5. The Balaban J connectivity index is 1.60. The quantitative estimate of drug-likeness (QED) is 0.680. The van der Waals surface area contributed by atoms with Crippen LogP contribution < -0.4 is 10.2 Å². The van der Waals surface area contributed by atoms with Crippen LogP contribution in [0.2, 0.25) is 0 Å². The highest BCUT2D eigenvalue weighted by atomic mass is 16.2. The van der Waals surface area contributed by atoms with Gasteiger partial charge < -0.3 is 15.1 Å². The third-order valence-corrected chi connectivity index (χ3v) is 4.97. The summed E-state index contributed by atoms with van der Waals surface area (Å²) in [5.41, 5.74) is 2.05. The van der Waals surface area contributed by atoms with Crippen LogP contribution in [0.1, 0.15) is 24.0 Å². The first kappa shape index (κ1) is 19.6. The minimum absolute atomic E-state index is 0.111. The summed E-state index contributed by atoms with van der Waals surface area (Å²) in [6.45, 7) is 6.41. The van der Waals surface area contributed by atoms with Gasteiger partial charge in [-0.05, 0) is 18.6 Å². The second-order valence-corrected chi connectivity index (χ2v) is 7.27. The molecule has 3 aromatic rings. The van der Waals surface area contributed by atoms with Crippen LogP contribution in [0.4, 0.5) is 17.5 Å². The molecule has 1 amide bonds. The lowest BCUT2D eigenvalue weighted by Gasteiger charge is -2.35. The minimum Gasteiger partial charge on any atom is -0.353 e. The van der Waals surface area contributed by atoms with Gasteiger partial charge in [0, 0.05) is 50.9 Å². The maximum absolute atomic E-state index is 11.6. The van der Waals surface area contributed by atoms with Gasteiger partial charge >= 0.3 is 0 Å². The van der Waals surface area contributed by atoms with Crippen molar-refractivity contribution in [2.45, 2.75) is 13.8 Å². The molecule has 0 radical (unpaired) electrons. The summed E-state index contributed by atoms with van der Waals surface area (Å²) in [6, 6.07) is 13.9. The molecule has 0 saturated carbocycles. The van der Waals surface area contributed by atoms with E-state index in [-0.39, 0.29) is 5.91 Å². The maximum atomic E-state index is 11.6. The number of piperazine rings is 1. The fourth-order valence-electron chi connectivity index (χ4n) is 3.35. The number of benzene rings is 1. The first-order chi connectivity index (χ1) is 14.6. The molecule has 0 atom stereocenters. The maximum Gasteiger partial charge on any atom is 0.219 e. The van der Waals surface area contributed by atoms with E-state index in [1.807, 2.05) is 66.4 Å². The van der Waals surface area contributed by atoms with E-state index in [1.54, 1.807) is 6.92 Å². The standard InChI is InChI=1S/C22H25N7O/c1-16-14-21(27-26-16)24-20-15-22(29-12-10-28(11-13-29)17(2)30)25-19(23-20)9-8-18-6-4-3-5-7-18/h3-9,14-15H,10-13H2,1-2H3,(H2,23,24,25,26,27).